The van der Waals surface area contributed by atoms with Crippen LogP contribution in [-0.4, -0.2) is 56.6 Å². The third kappa shape index (κ3) is 4.42. The molecule has 1 saturated heterocycles. The second-order valence-corrected chi connectivity index (χ2v) is 10.8. The number of nitrogens with zero attached hydrogens (tertiary/aromatic N) is 1. The molecule has 168 valence electrons. The van der Waals surface area contributed by atoms with Gasteiger partial charge in [-0.1, -0.05) is 32.0 Å². The van der Waals surface area contributed by atoms with E-state index >= 15 is 0 Å². The number of carboxylic acids is 1. The summed E-state index contributed by atoms with van der Waals surface area (Å²) in [6, 6.07) is 4.62. The molecule has 3 amide bonds. The van der Waals surface area contributed by atoms with Gasteiger partial charge in [-0.3, -0.25) is 19.2 Å². The summed E-state index contributed by atoms with van der Waals surface area (Å²) < 4.78 is -0.564. The number of carbonyl (C=O) groups excluding carboxylic acids is 3. The molecule has 0 aromatic heterocycles. The summed E-state index contributed by atoms with van der Waals surface area (Å²) in [5.74, 6) is -2.21. The molecule has 0 spiro atoms. The highest BCUT2D eigenvalue weighted by molar-refractivity contribution is 8.01. The lowest BCUT2D eigenvalue weighted by molar-refractivity contribution is -0.141. The lowest BCUT2D eigenvalue weighted by atomic mass is 9.98. The average molecular weight is 448 g/mol. The van der Waals surface area contributed by atoms with Crippen LogP contribution in [-0.2, 0) is 14.4 Å². The fraction of sp³-hybridized carbons (Fsp3) is 0.545. The normalized spacial score (nSPS) is 23.2. The first-order valence-electron chi connectivity index (χ1n) is 10.4. The summed E-state index contributed by atoms with van der Waals surface area (Å²) in [4.78, 5) is 51.9. The number of carbonyl (C=O) groups is 4. The van der Waals surface area contributed by atoms with Crippen LogP contribution in [0.5, 0.6) is 0 Å². The Morgan fingerprint density at radius 2 is 1.81 bits per heavy atom. The van der Waals surface area contributed by atoms with Crippen LogP contribution in [0.2, 0.25) is 0 Å². The fourth-order valence-corrected chi connectivity index (χ4v) is 5.72. The molecule has 31 heavy (non-hydrogen) atoms. The number of thioether (sulfide) groups is 1. The Bertz CT molecular complexity index is 916. The molecule has 1 aromatic carbocycles. The highest BCUT2D eigenvalue weighted by Crippen LogP contribution is 2.56. The van der Waals surface area contributed by atoms with Crippen molar-refractivity contribution in [2.75, 3.05) is 0 Å². The molecule has 1 fully saturated rings. The van der Waals surface area contributed by atoms with E-state index in [0.29, 0.717) is 12.0 Å². The van der Waals surface area contributed by atoms with Gasteiger partial charge in [0.1, 0.15) is 23.5 Å². The third-order valence-electron chi connectivity index (χ3n) is 5.61. The van der Waals surface area contributed by atoms with Crippen LogP contribution < -0.4 is 10.6 Å². The van der Waals surface area contributed by atoms with Gasteiger partial charge in [0.2, 0.25) is 11.8 Å². The maximum atomic E-state index is 13.4. The van der Waals surface area contributed by atoms with E-state index in [-0.39, 0.29) is 17.2 Å². The number of carboxylic acid groups (broad SMARTS) is 1. The van der Waals surface area contributed by atoms with Crippen molar-refractivity contribution in [3.8, 4) is 0 Å². The van der Waals surface area contributed by atoms with Crippen molar-refractivity contribution in [2.24, 2.45) is 5.92 Å². The molecule has 0 saturated carbocycles. The first kappa shape index (κ1) is 23.1. The quantitative estimate of drug-likeness (QED) is 0.590. The Morgan fingerprint density at radius 3 is 2.42 bits per heavy atom. The molecule has 9 heteroatoms. The van der Waals surface area contributed by atoms with Gasteiger partial charge in [0.25, 0.3) is 5.91 Å². The molecule has 2 aliphatic rings. The molecular weight excluding hydrogens is 418 g/mol. The number of fused-ring (bicyclic) bond motifs is 3. The van der Waals surface area contributed by atoms with Crippen LogP contribution in [0.3, 0.4) is 0 Å². The van der Waals surface area contributed by atoms with Gasteiger partial charge in [0.15, 0.2) is 0 Å². The van der Waals surface area contributed by atoms with E-state index in [4.69, 9.17) is 5.11 Å². The maximum absolute atomic E-state index is 13.4. The predicted molar refractivity (Wildman–Crippen MR) is 117 cm³/mol. The van der Waals surface area contributed by atoms with Gasteiger partial charge < -0.3 is 20.6 Å². The summed E-state index contributed by atoms with van der Waals surface area (Å²) in [5.41, 5.74) is 1.49. The van der Waals surface area contributed by atoms with Gasteiger partial charge in [-0.05, 0) is 44.7 Å². The van der Waals surface area contributed by atoms with E-state index in [1.165, 1.54) is 6.92 Å². The van der Waals surface area contributed by atoms with Crippen LogP contribution in [0.15, 0.2) is 24.3 Å². The number of benzene rings is 1. The number of hydrogen-bond donors (Lipinski definition) is 3. The number of nitrogens with one attached hydrogen (secondary N) is 2. The van der Waals surface area contributed by atoms with E-state index in [1.807, 2.05) is 39.8 Å². The summed E-state index contributed by atoms with van der Waals surface area (Å²) >= 11 is 1.55. The monoisotopic (exact) mass is 447 g/mol. The average Bonchev–Trinajstić information content (AvgIpc) is 3.10. The highest BCUT2D eigenvalue weighted by Gasteiger charge is 2.57. The minimum Gasteiger partial charge on any atom is -0.480 e. The molecule has 4 atom stereocenters. The molecule has 2 aliphatic heterocycles. The zero-order valence-corrected chi connectivity index (χ0v) is 19.2. The topological polar surface area (TPSA) is 116 Å². The predicted octanol–water partition coefficient (Wildman–Crippen LogP) is 2.16. The minimum absolute atomic E-state index is 0.0903. The van der Waals surface area contributed by atoms with Gasteiger partial charge in [0.05, 0.1) is 0 Å². The summed E-state index contributed by atoms with van der Waals surface area (Å²) in [6.45, 7) is 9.04. The molecule has 8 nitrogen and oxygen atoms in total. The summed E-state index contributed by atoms with van der Waals surface area (Å²) in [5, 5.41) is 14.1. The van der Waals surface area contributed by atoms with Gasteiger partial charge >= 0.3 is 5.97 Å². The summed E-state index contributed by atoms with van der Waals surface area (Å²) in [7, 11) is 0. The smallest absolute Gasteiger partial charge is 0.325 e. The minimum atomic E-state index is -1.15. The molecule has 3 N–H and O–H groups in total. The lowest BCUT2D eigenvalue weighted by Crippen LogP contribution is -2.58. The molecule has 0 aliphatic carbocycles. The number of amides is 3. The van der Waals surface area contributed by atoms with Crippen molar-refractivity contribution in [1.82, 2.24) is 15.5 Å². The standard InChI is InChI=1S/C22H29N3O5S/c1-11(2)10-15(17(26)23-12(3)21(29)30)24-18(27)16-22(4,5)31-20-14-9-7-6-8-13(14)19(28)25(16)20/h6-9,11-12,15-16,20H,10H2,1-5H3,(H,23,26)(H,24,27)(H,29,30)/t12-,15+,16-,20+/m1/s1. The molecule has 0 unspecified atom stereocenters. The molecular formula is C22H29N3O5S. The number of aliphatic carboxylic acids is 1. The van der Waals surface area contributed by atoms with Crippen molar-refractivity contribution in [2.45, 2.75) is 69.3 Å². The number of hydrogen-bond acceptors (Lipinski definition) is 5. The van der Waals surface area contributed by atoms with Crippen LogP contribution in [0.1, 0.15) is 62.3 Å². The summed E-state index contributed by atoms with van der Waals surface area (Å²) in [6.07, 6.45) is 0.349. The first-order chi connectivity index (χ1) is 14.4. The Balaban J connectivity index is 1.83. The van der Waals surface area contributed by atoms with E-state index in [2.05, 4.69) is 10.6 Å². The van der Waals surface area contributed by atoms with Crippen molar-refractivity contribution in [3.63, 3.8) is 0 Å². The number of rotatable bonds is 7. The van der Waals surface area contributed by atoms with Crippen molar-refractivity contribution >= 4 is 35.5 Å². The van der Waals surface area contributed by atoms with E-state index in [0.717, 1.165) is 5.56 Å². The van der Waals surface area contributed by atoms with Gasteiger partial charge in [0, 0.05) is 10.3 Å². The molecule has 0 bridgehead atoms. The van der Waals surface area contributed by atoms with Crippen molar-refractivity contribution in [3.05, 3.63) is 35.4 Å². The zero-order chi connectivity index (χ0) is 23.1. The van der Waals surface area contributed by atoms with Gasteiger partial charge in [-0.15, -0.1) is 11.8 Å². The molecule has 2 heterocycles. The van der Waals surface area contributed by atoms with Crippen molar-refractivity contribution < 1.29 is 24.3 Å². The van der Waals surface area contributed by atoms with E-state index in [1.54, 1.807) is 28.8 Å². The fourth-order valence-electron chi connectivity index (χ4n) is 4.13. The van der Waals surface area contributed by atoms with Crippen molar-refractivity contribution in [1.29, 1.82) is 0 Å². The molecule has 1 aromatic rings. The molecule has 3 rings (SSSR count). The largest absolute Gasteiger partial charge is 0.480 e. The maximum Gasteiger partial charge on any atom is 0.325 e. The Kier molecular flexibility index (Phi) is 6.36. The second-order valence-electron chi connectivity index (χ2n) is 9.04. The molecule has 0 radical (unpaired) electrons. The zero-order valence-electron chi connectivity index (χ0n) is 18.3. The Morgan fingerprint density at radius 1 is 1.16 bits per heavy atom. The highest BCUT2D eigenvalue weighted by atomic mass is 32.2. The lowest BCUT2D eigenvalue weighted by Gasteiger charge is -2.31. The van der Waals surface area contributed by atoms with E-state index < -0.39 is 40.7 Å². The van der Waals surface area contributed by atoms with Crippen LogP contribution in [0, 0.1) is 5.92 Å². The Hall–Kier alpha value is -2.55. The Labute approximate surface area is 186 Å². The van der Waals surface area contributed by atoms with Crippen LogP contribution in [0.25, 0.3) is 0 Å². The van der Waals surface area contributed by atoms with Gasteiger partial charge in [-0.25, -0.2) is 0 Å². The van der Waals surface area contributed by atoms with Crippen LogP contribution >= 0.6 is 11.8 Å². The van der Waals surface area contributed by atoms with Crippen LogP contribution in [0.4, 0.5) is 0 Å². The second kappa shape index (κ2) is 8.53. The first-order valence-corrected chi connectivity index (χ1v) is 11.2. The third-order valence-corrected chi connectivity index (χ3v) is 7.15. The van der Waals surface area contributed by atoms with E-state index in [9.17, 15) is 19.2 Å². The van der Waals surface area contributed by atoms with Gasteiger partial charge in [-0.2, -0.15) is 0 Å². The SMILES string of the molecule is CC(C)C[C@H](NC(=O)[C@H]1N2C(=O)c3ccccc3[C@@H]2SC1(C)C)C(=O)N[C@H](C)C(=O)O.